The second-order valence-corrected chi connectivity index (χ2v) is 6.12. The number of aromatic nitrogens is 1. The molecule has 4 heteroatoms. The fourth-order valence-corrected chi connectivity index (χ4v) is 2.33. The van der Waals surface area contributed by atoms with Crippen molar-refractivity contribution in [3.63, 3.8) is 0 Å². The first-order chi connectivity index (χ1) is 8.09. The van der Waals surface area contributed by atoms with Gasteiger partial charge in [-0.2, -0.15) is 0 Å². The average molecular weight is 255 g/mol. The topological polar surface area (TPSA) is 28.2 Å². The van der Waals surface area contributed by atoms with Gasteiger partial charge >= 0.3 is 0 Å². The molecule has 17 heavy (non-hydrogen) atoms. The molecule has 1 heterocycles. The minimum atomic E-state index is 0.656. The van der Waals surface area contributed by atoms with E-state index in [2.05, 4.69) is 43.0 Å². The Kier molecular flexibility index (Phi) is 6.70. The lowest BCUT2D eigenvalue weighted by Crippen LogP contribution is -2.27. The minimum Gasteiger partial charge on any atom is -0.312 e. The smallest absolute Gasteiger partial charge is 0.0897 e. The normalized spacial score (nSPS) is 11.6. The van der Waals surface area contributed by atoms with Crippen molar-refractivity contribution >= 4 is 11.3 Å². The molecule has 0 atom stereocenters. The van der Waals surface area contributed by atoms with Crippen LogP contribution in [0.1, 0.15) is 36.6 Å². The Morgan fingerprint density at radius 2 is 2.18 bits per heavy atom. The molecule has 1 aromatic rings. The zero-order valence-electron chi connectivity index (χ0n) is 11.5. The number of rotatable bonds is 8. The van der Waals surface area contributed by atoms with E-state index in [9.17, 15) is 0 Å². The van der Waals surface area contributed by atoms with Crippen LogP contribution in [-0.2, 0) is 6.54 Å². The van der Waals surface area contributed by atoms with Gasteiger partial charge in [0.25, 0.3) is 0 Å². The van der Waals surface area contributed by atoms with E-state index in [4.69, 9.17) is 0 Å². The highest BCUT2D eigenvalue weighted by Gasteiger charge is 2.02. The molecule has 0 fully saturated rings. The summed E-state index contributed by atoms with van der Waals surface area (Å²) in [6, 6.07) is 0.656. The number of aryl methyl sites for hydroxylation is 1. The molecule has 98 valence electrons. The molecule has 0 aliphatic rings. The quantitative estimate of drug-likeness (QED) is 0.724. The van der Waals surface area contributed by atoms with Gasteiger partial charge in [-0.05, 0) is 53.8 Å². The molecule has 1 rings (SSSR count). The molecule has 0 spiro atoms. The van der Waals surface area contributed by atoms with Crippen LogP contribution in [0.2, 0.25) is 0 Å². The number of hydrogen-bond donors (Lipinski definition) is 1. The van der Waals surface area contributed by atoms with Gasteiger partial charge in [0, 0.05) is 23.7 Å². The monoisotopic (exact) mass is 255 g/mol. The van der Waals surface area contributed by atoms with E-state index in [1.165, 1.54) is 24.3 Å². The van der Waals surface area contributed by atoms with Gasteiger partial charge in [0.15, 0.2) is 0 Å². The van der Waals surface area contributed by atoms with E-state index >= 15 is 0 Å². The summed E-state index contributed by atoms with van der Waals surface area (Å²) in [7, 11) is 2.19. The van der Waals surface area contributed by atoms with Crippen LogP contribution < -0.4 is 5.32 Å². The van der Waals surface area contributed by atoms with Crippen molar-refractivity contribution in [2.45, 2.75) is 46.2 Å². The maximum absolute atomic E-state index is 4.25. The molecule has 0 saturated carbocycles. The molecule has 0 aromatic carbocycles. The first-order valence-corrected chi connectivity index (χ1v) is 7.23. The summed E-state index contributed by atoms with van der Waals surface area (Å²) in [4.78, 5) is 7.98. The van der Waals surface area contributed by atoms with E-state index < -0.39 is 0 Å². The third-order valence-corrected chi connectivity index (χ3v) is 3.88. The Balaban J connectivity index is 1.98. The second kappa shape index (κ2) is 7.80. The lowest BCUT2D eigenvalue weighted by molar-refractivity contribution is 0.268. The Hall–Kier alpha value is -0.450. The van der Waals surface area contributed by atoms with Crippen molar-refractivity contribution in [3.05, 3.63) is 16.1 Å². The lowest BCUT2D eigenvalue weighted by atomic mass is 10.2. The Labute approximate surface area is 109 Å². The maximum Gasteiger partial charge on any atom is 0.0897 e. The number of unbranched alkanes of at least 4 members (excludes halogenated alkanes) is 1. The van der Waals surface area contributed by atoms with Crippen LogP contribution in [0.3, 0.4) is 0 Å². The van der Waals surface area contributed by atoms with Gasteiger partial charge in [0.2, 0.25) is 0 Å². The van der Waals surface area contributed by atoms with Crippen LogP contribution in [0, 0.1) is 6.92 Å². The molecule has 3 nitrogen and oxygen atoms in total. The van der Waals surface area contributed by atoms with E-state index in [1.54, 1.807) is 11.3 Å². The Morgan fingerprint density at radius 1 is 1.41 bits per heavy atom. The van der Waals surface area contributed by atoms with E-state index in [0.717, 1.165) is 18.1 Å². The lowest BCUT2D eigenvalue weighted by Gasteiger charge is -2.20. The maximum atomic E-state index is 4.25. The van der Waals surface area contributed by atoms with Crippen molar-refractivity contribution in [2.24, 2.45) is 0 Å². The highest BCUT2D eigenvalue weighted by molar-refractivity contribution is 7.11. The molecule has 0 bridgehead atoms. The zero-order valence-corrected chi connectivity index (χ0v) is 12.3. The van der Waals surface area contributed by atoms with Gasteiger partial charge in [-0.1, -0.05) is 0 Å². The number of nitrogens with one attached hydrogen (secondary N) is 1. The summed E-state index contributed by atoms with van der Waals surface area (Å²) < 4.78 is 0. The summed E-state index contributed by atoms with van der Waals surface area (Å²) in [5, 5.41) is 4.62. The fourth-order valence-electron chi connectivity index (χ4n) is 1.57. The van der Waals surface area contributed by atoms with Gasteiger partial charge < -0.3 is 10.2 Å². The third-order valence-electron chi connectivity index (χ3n) is 2.96. The number of nitrogens with zero attached hydrogens (tertiary/aromatic N) is 2. The van der Waals surface area contributed by atoms with Crippen LogP contribution >= 0.6 is 11.3 Å². The van der Waals surface area contributed by atoms with Crippen LogP contribution in [0.5, 0.6) is 0 Å². The van der Waals surface area contributed by atoms with Crippen LogP contribution in [0.25, 0.3) is 0 Å². The predicted molar refractivity (Wildman–Crippen MR) is 75.6 cm³/mol. The number of hydrogen-bond acceptors (Lipinski definition) is 4. The highest BCUT2D eigenvalue weighted by atomic mass is 32.1. The van der Waals surface area contributed by atoms with Crippen LogP contribution in [-0.4, -0.2) is 36.1 Å². The molecule has 0 radical (unpaired) electrons. The molecule has 0 amide bonds. The minimum absolute atomic E-state index is 0.656. The average Bonchev–Trinajstić information content (AvgIpc) is 2.68. The van der Waals surface area contributed by atoms with Crippen LogP contribution in [0.4, 0.5) is 0 Å². The molecule has 0 aliphatic heterocycles. The van der Waals surface area contributed by atoms with Crippen molar-refractivity contribution in [1.82, 2.24) is 15.2 Å². The first-order valence-electron chi connectivity index (χ1n) is 6.42. The van der Waals surface area contributed by atoms with E-state index in [-0.39, 0.29) is 0 Å². The molecule has 0 saturated heterocycles. The SMILES string of the molecule is Cc1ncc(CNCCCCN(C)C(C)C)s1. The van der Waals surface area contributed by atoms with Crippen molar-refractivity contribution in [2.75, 3.05) is 20.1 Å². The third kappa shape index (κ3) is 6.15. The fraction of sp³-hybridized carbons (Fsp3) is 0.769. The zero-order chi connectivity index (χ0) is 12.7. The molecule has 0 unspecified atom stereocenters. The summed E-state index contributed by atoms with van der Waals surface area (Å²) >= 11 is 1.78. The van der Waals surface area contributed by atoms with Gasteiger partial charge in [0.1, 0.15) is 0 Å². The summed E-state index contributed by atoms with van der Waals surface area (Å²) in [5.41, 5.74) is 0. The molecular formula is C13H25N3S. The molecule has 0 aliphatic carbocycles. The van der Waals surface area contributed by atoms with Gasteiger partial charge in [-0.25, -0.2) is 4.98 Å². The second-order valence-electron chi connectivity index (χ2n) is 4.80. The summed E-state index contributed by atoms with van der Waals surface area (Å²) in [5.74, 6) is 0. The van der Waals surface area contributed by atoms with E-state index in [0.29, 0.717) is 6.04 Å². The standard InChI is InChI=1S/C13H25N3S/c1-11(2)16(4)8-6-5-7-14-9-13-10-15-12(3)17-13/h10-11,14H,5-9H2,1-4H3. The largest absolute Gasteiger partial charge is 0.312 e. The summed E-state index contributed by atoms with van der Waals surface area (Å²) in [6.07, 6.45) is 4.48. The summed E-state index contributed by atoms with van der Waals surface area (Å²) in [6.45, 7) is 9.79. The van der Waals surface area contributed by atoms with Gasteiger partial charge in [0.05, 0.1) is 5.01 Å². The van der Waals surface area contributed by atoms with Gasteiger partial charge in [-0.15, -0.1) is 11.3 Å². The van der Waals surface area contributed by atoms with Crippen molar-refractivity contribution in [3.8, 4) is 0 Å². The molecular weight excluding hydrogens is 230 g/mol. The number of thiazole rings is 1. The van der Waals surface area contributed by atoms with Crippen molar-refractivity contribution in [1.29, 1.82) is 0 Å². The van der Waals surface area contributed by atoms with Crippen molar-refractivity contribution < 1.29 is 0 Å². The first kappa shape index (κ1) is 14.6. The Morgan fingerprint density at radius 3 is 2.76 bits per heavy atom. The van der Waals surface area contributed by atoms with E-state index in [1.807, 2.05) is 6.20 Å². The highest BCUT2D eigenvalue weighted by Crippen LogP contribution is 2.10. The Bertz CT molecular complexity index is 309. The molecule has 1 aromatic heterocycles. The predicted octanol–water partition coefficient (Wildman–Crippen LogP) is 2.66. The van der Waals surface area contributed by atoms with Gasteiger partial charge in [-0.3, -0.25) is 0 Å². The molecule has 1 N–H and O–H groups in total. The van der Waals surface area contributed by atoms with Crippen LogP contribution in [0.15, 0.2) is 6.20 Å².